The van der Waals surface area contributed by atoms with Crippen molar-refractivity contribution in [1.29, 1.82) is 0 Å². The Morgan fingerprint density at radius 3 is 2.68 bits per heavy atom. The Morgan fingerprint density at radius 2 is 2.00 bits per heavy atom. The van der Waals surface area contributed by atoms with Crippen LogP contribution >= 0.6 is 0 Å². The number of nitrogens with one attached hydrogen (secondary N) is 1. The van der Waals surface area contributed by atoms with Crippen LogP contribution in [0.3, 0.4) is 0 Å². The Morgan fingerprint density at radius 1 is 1.26 bits per heavy atom. The van der Waals surface area contributed by atoms with Gasteiger partial charge in [0.05, 0.1) is 12.6 Å². The summed E-state index contributed by atoms with van der Waals surface area (Å²) in [5.41, 5.74) is 0.0908. The first kappa shape index (κ1) is 14.4. The molecule has 5 nitrogen and oxygen atoms in total. The zero-order chi connectivity index (χ0) is 13.9. The van der Waals surface area contributed by atoms with Gasteiger partial charge in [0.2, 0.25) is 0 Å². The highest BCUT2D eigenvalue weighted by Crippen LogP contribution is 2.35. The summed E-state index contributed by atoms with van der Waals surface area (Å²) in [5.74, 6) is 1.70. The topological polar surface area (TPSA) is 55.6 Å². The van der Waals surface area contributed by atoms with Crippen molar-refractivity contribution in [2.45, 2.75) is 77.9 Å². The van der Waals surface area contributed by atoms with Crippen molar-refractivity contribution in [2.24, 2.45) is 5.92 Å². The highest BCUT2D eigenvalue weighted by Gasteiger charge is 2.28. The fourth-order valence-electron chi connectivity index (χ4n) is 2.92. The van der Waals surface area contributed by atoms with E-state index in [-0.39, 0.29) is 5.54 Å². The van der Waals surface area contributed by atoms with Crippen LogP contribution in [0.15, 0.2) is 0 Å². The largest absolute Gasteiger partial charge is 0.305 e. The lowest BCUT2D eigenvalue weighted by molar-refractivity contribution is 0.208. The molecule has 1 aliphatic rings. The molecule has 0 aromatic carbocycles. The Bertz CT molecular complexity index is 393. The Balaban J connectivity index is 2.09. The second-order valence-corrected chi connectivity index (χ2v) is 6.66. The first-order valence-electron chi connectivity index (χ1n) is 7.53. The molecule has 1 heterocycles. The first-order valence-corrected chi connectivity index (χ1v) is 7.53. The van der Waals surface area contributed by atoms with E-state index in [1.807, 2.05) is 0 Å². The van der Waals surface area contributed by atoms with Crippen molar-refractivity contribution >= 4 is 0 Å². The summed E-state index contributed by atoms with van der Waals surface area (Å²) >= 11 is 0. The molecule has 1 saturated carbocycles. The van der Waals surface area contributed by atoms with Crippen molar-refractivity contribution in [3.63, 3.8) is 0 Å². The van der Waals surface area contributed by atoms with Gasteiger partial charge in [0.1, 0.15) is 0 Å². The van der Waals surface area contributed by atoms with Gasteiger partial charge >= 0.3 is 0 Å². The van der Waals surface area contributed by atoms with Crippen LogP contribution in [0, 0.1) is 5.92 Å². The van der Waals surface area contributed by atoms with E-state index in [0.29, 0.717) is 6.04 Å². The summed E-state index contributed by atoms with van der Waals surface area (Å²) in [6.45, 7) is 9.51. The van der Waals surface area contributed by atoms with Crippen LogP contribution in [0.4, 0.5) is 0 Å². The maximum Gasteiger partial charge on any atom is 0.165 e. The standard InChI is InChI=1S/C14H27N5/c1-5-11-8-6-7-9-12(11)19-13(16-17-18-19)10-15-14(2,3)4/h11-12,15H,5-10H2,1-4H3. The smallest absolute Gasteiger partial charge is 0.165 e. The molecule has 2 unspecified atom stereocenters. The average molecular weight is 265 g/mol. The number of rotatable bonds is 4. The van der Waals surface area contributed by atoms with E-state index in [1.54, 1.807) is 0 Å². The SMILES string of the molecule is CCC1CCCCC1n1nnnc1CNC(C)(C)C. The highest BCUT2D eigenvalue weighted by atomic mass is 15.6. The number of nitrogens with zero attached hydrogens (tertiary/aromatic N) is 4. The quantitative estimate of drug-likeness (QED) is 0.909. The van der Waals surface area contributed by atoms with Crippen molar-refractivity contribution in [3.8, 4) is 0 Å². The van der Waals surface area contributed by atoms with Gasteiger partial charge in [0, 0.05) is 5.54 Å². The van der Waals surface area contributed by atoms with E-state index in [0.717, 1.165) is 18.3 Å². The number of hydrogen-bond acceptors (Lipinski definition) is 4. The molecule has 108 valence electrons. The lowest BCUT2D eigenvalue weighted by Crippen LogP contribution is -2.36. The minimum atomic E-state index is 0.0908. The predicted molar refractivity (Wildman–Crippen MR) is 75.7 cm³/mol. The van der Waals surface area contributed by atoms with Crippen LogP contribution < -0.4 is 5.32 Å². The zero-order valence-electron chi connectivity index (χ0n) is 12.7. The molecule has 19 heavy (non-hydrogen) atoms. The van der Waals surface area contributed by atoms with Crippen LogP contribution in [0.5, 0.6) is 0 Å². The van der Waals surface area contributed by atoms with Crippen LogP contribution in [-0.4, -0.2) is 25.7 Å². The van der Waals surface area contributed by atoms with Crippen molar-refractivity contribution < 1.29 is 0 Å². The molecule has 1 N–H and O–H groups in total. The summed E-state index contributed by atoms with van der Waals surface area (Å²) in [5, 5.41) is 15.8. The molecule has 1 aromatic heterocycles. The second kappa shape index (κ2) is 5.99. The predicted octanol–water partition coefficient (Wildman–Crippen LogP) is 2.70. The molecular weight excluding hydrogens is 238 g/mol. The molecule has 0 saturated heterocycles. The van der Waals surface area contributed by atoms with Gasteiger partial charge in [-0.25, -0.2) is 4.68 Å². The summed E-state index contributed by atoms with van der Waals surface area (Å²) in [6, 6.07) is 0.491. The minimum Gasteiger partial charge on any atom is -0.305 e. The van der Waals surface area contributed by atoms with Gasteiger partial charge in [0.25, 0.3) is 0 Å². The van der Waals surface area contributed by atoms with Crippen molar-refractivity contribution in [2.75, 3.05) is 0 Å². The monoisotopic (exact) mass is 265 g/mol. The molecular formula is C14H27N5. The molecule has 0 spiro atoms. The van der Waals surface area contributed by atoms with Crippen LogP contribution in [-0.2, 0) is 6.54 Å². The maximum absolute atomic E-state index is 4.25. The first-order chi connectivity index (χ1) is 9.01. The van der Waals surface area contributed by atoms with Crippen LogP contribution in [0.1, 0.15) is 71.7 Å². The minimum absolute atomic E-state index is 0.0908. The zero-order valence-corrected chi connectivity index (χ0v) is 12.7. The van der Waals surface area contributed by atoms with E-state index in [1.165, 1.54) is 32.1 Å². The summed E-state index contributed by atoms with van der Waals surface area (Å²) < 4.78 is 2.08. The molecule has 2 rings (SSSR count). The summed E-state index contributed by atoms with van der Waals surface area (Å²) in [4.78, 5) is 0. The number of tetrazole rings is 1. The Hall–Kier alpha value is -0.970. The third-order valence-corrected chi connectivity index (χ3v) is 4.05. The molecule has 0 amide bonds. The van der Waals surface area contributed by atoms with Gasteiger partial charge in [-0.2, -0.15) is 0 Å². The third kappa shape index (κ3) is 3.75. The molecule has 0 aliphatic heterocycles. The van der Waals surface area contributed by atoms with Crippen molar-refractivity contribution in [1.82, 2.24) is 25.5 Å². The van der Waals surface area contributed by atoms with Gasteiger partial charge in [0.15, 0.2) is 5.82 Å². The molecule has 1 aliphatic carbocycles. The van der Waals surface area contributed by atoms with Gasteiger partial charge in [-0.1, -0.05) is 26.2 Å². The molecule has 0 bridgehead atoms. The lowest BCUT2D eigenvalue weighted by atomic mass is 9.83. The summed E-state index contributed by atoms with van der Waals surface area (Å²) in [6.07, 6.45) is 6.40. The van der Waals surface area contributed by atoms with Gasteiger partial charge in [-0.05, 0) is 50.0 Å². The van der Waals surface area contributed by atoms with Gasteiger partial charge < -0.3 is 5.32 Å². The average Bonchev–Trinajstić information content (AvgIpc) is 2.83. The van der Waals surface area contributed by atoms with E-state index in [9.17, 15) is 0 Å². The lowest BCUT2D eigenvalue weighted by Gasteiger charge is -2.31. The number of hydrogen-bond donors (Lipinski definition) is 1. The van der Waals surface area contributed by atoms with Crippen molar-refractivity contribution in [3.05, 3.63) is 5.82 Å². The molecule has 1 fully saturated rings. The Labute approximate surface area is 116 Å². The fourth-order valence-corrected chi connectivity index (χ4v) is 2.92. The second-order valence-electron chi connectivity index (χ2n) is 6.66. The third-order valence-electron chi connectivity index (χ3n) is 4.05. The van der Waals surface area contributed by atoms with E-state index in [4.69, 9.17) is 0 Å². The molecule has 0 radical (unpaired) electrons. The van der Waals surface area contributed by atoms with E-state index >= 15 is 0 Å². The summed E-state index contributed by atoms with van der Waals surface area (Å²) in [7, 11) is 0. The Kier molecular flexibility index (Phi) is 4.55. The molecule has 1 aromatic rings. The fraction of sp³-hybridized carbons (Fsp3) is 0.929. The normalized spacial score (nSPS) is 24.6. The van der Waals surface area contributed by atoms with Gasteiger partial charge in [-0.3, -0.25) is 0 Å². The number of aromatic nitrogens is 4. The molecule has 2 atom stereocenters. The van der Waals surface area contributed by atoms with Gasteiger partial charge in [-0.15, -0.1) is 5.10 Å². The van der Waals surface area contributed by atoms with Crippen LogP contribution in [0.25, 0.3) is 0 Å². The van der Waals surface area contributed by atoms with E-state index in [2.05, 4.69) is 53.2 Å². The molecule has 5 heteroatoms. The van der Waals surface area contributed by atoms with E-state index < -0.39 is 0 Å². The van der Waals surface area contributed by atoms with Crippen LogP contribution in [0.2, 0.25) is 0 Å². The maximum atomic E-state index is 4.25. The highest BCUT2D eigenvalue weighted by molar-refractivity contribution is 4.89.